The van der Waals surface area contributed by atoms with Crippen LogP contribution >= 0.6 is 0 Å². The SMILES string of the molecule is CCCCCCCCCCOc1c2ccc(C)cc2c(OCCCCCCCCCC)c2ccc(C)cc12. The lowest BCUT2D eigenvalue weighted by molar-refractivity contribution is 0.306. The molecule has 2 nitrogen and oxygen atoms in total. The standard InChI is InChI=1S/C36H54O2/c1-5-7-9-11-13-15-17-19-25-37-35-31-23-21-30(4)28-34(31)36(32-24-22-29(3)27-33(32)35)38-26-20-18-16-14-12-10-8-6-2/h21-24,27-28H,5-20,25-26H2,1-4H3. The van der Waals surface area contributed by atoms with Gasteiger partial charge in [0, 0.05) is 21.5 Å². The van der Waals surface area contributed by atoms with Crippen molar-refractivity contribution < 1.29 is 9.47 Å². The molecular weight excluding hydrogens is 464 g/mol. The summed E-state index contributed by atoms with van der Waals surface area (Å²) >= 11 is 0. The van der Waals surface area contributed by atoms with Gasteiger partial charge in [-0.3, -0.25) is 0 Å². The van der Waals surface area contributed by atoms with Crippen LogP contribution in [0, 0.1) is 13.8 Å². The second kappa shape index (κ2) is 17.4. The van der Waals surface area contributed by atoms with Gasteiger partial charge in [0.15, 0.2) is 0 Å². The summed E-state index contributed by atoms with van der Waals surface area (Å²) in [6, 6.07) is 13.4. The first-order valence-corrected chi connectivity index (χ1v) is 15.9. The highest BCUT2D eigenvalue weighted by Crippen LogP contribution is 2.43. The van der Waals surface area contributed by atoms with E-state index in [1.54, 1.807) is 0 Å². The van der Waals surface area contributed by atoms with E-state index >= 15 is 0 Å². The minimum Gasteiger partial charge on any atom is -0.492 e. The van der Waals surface area contributed by atoms with Crippen molar-refractivity contribution in [2.75, 3.05) is 13.2 Å². The Morgan fingerprint density at radius 2 is 0.763 bits per heavy atom. The number of fused-ring (bicyclic) bond motifs is 2. The van der Waals surface area contributed by atoms with Gasteiger partial charge in [0.2, 0.25) is 0 Å². The first kappa shape index (κ1) is 30.3. The molecule has 210 valence electrons. The Kier molecular flexibility index (Phi) is 13.9. The zero-order valence-corrected chi connectivity index (χ0v) is 25.0. The Hall–Kier alpha value is -2.22. The molecule has 0 saturated carbocycles. The minimum atomic E-state index is 0.777. The van der Waals surface area contributed by atoms with Gasteiger partial charge in [-0.1, -0.05) is 139 Å². The smallest absolute Gasteiger partial charge is 0.135 e. The van der Waals surface area contributed by atoms with Gasteiger partial charge < -0.3 is 9.47 Å². The van der Waals surface area contributed by atoms with Gasteiger partial charge >= 0.3 is 0 Å². The molecular formula is C36H54O2. The summed E-state index contributed by atoms with van der Waals surface area (Å²) < 4.78 is 13.1. The topological polar surface area (TPSA) is 18.5 Å². The molecule has 0 unspecified atom stereocenters. The molecule has 0 spiro atoms. The molecule has 0 heterocycles. The molecule has 38 heavy (non-hydrogen) atoms. The molecule has 0 bridgehead atoms. The van der Waals surface area contributed by atoms with Crippen molar-refractivity contribution in [3.05, 3.63) is 47.5 Å². The number of ether oxygens (including phenoxy) is 2. The summed E-state index contributed by atoms with van der Waals surface area (Å²) in [5, 5.41) is 4.73. The Labute approximate surface area is 233 Å². The quantitative estimate of drug-likeness (QED) is 0.109. The van der Waals surface area contributed by atoms with Crippen molar-refractivity contribution in [1.29, 1.82) is 0 Å². The van der Waals surface area contributed by atoms with E-state index in [1.165, 1.54) is 123 Å². The molecule has 0 aliphatic rings. The fourth-order valence-electron chi connectivity index (χ4n) is 5.51. The molecule has 0 radical (unpaired) electrons. The summed E-state index contributed by atoms with van der Waals surface area (Å²) in [6.45, 7) is 10.5. The molecule has 2 heteroatoms. The molecule has 3 rings (SSSR count). The Morgan fingerprint density at radius 3 is 1.13 bits per heavy atom. The van der Waals surface area contributed by atoms with Crippen LogP contribution in [0.25, 0.3) is 21.5 Å². The van der Waals surface area contributed by atoms with Crippen LogP contribution in [0.2, 0.25) is 0 Å². The number of aryl methyl sites for hydroxylation is 2. The monoisotopic (exact) mass is 518 g/mol. The fourth-order valence-corrected chi connectivity index (χ4v) is 5.51. The number of hydrogen-bond donors (Lipinski definition) is 0. The van der Waals surface area contributed by atoms with Crippen LogP contribution in [0.5, 0.6) is 11.5 Å². The first-order valence-electron chi connectivity index (χ1n) is 15.9. The Balaban J connectivity index is 1.67. The second-order valence-corrected chi connectivity index (χ2v) is 11.4. The van der Waals surface area contributed by atoms with Crippen LogP contribution in [0.4, 0.5) is 0 Å². The Morgan fingerprint density at radius 1 is 0.421 bits per heavy atom. The number of unbranched alkanes of at least 4 members (excludes halogenated alkanes) is 14. The van der Waals surface area contributed by atoms with E-state index in [1.807, 2.05) is 0 Å². The van der Waals surface area contributed by atoms with Crippen molar-refractivity contribution in [3.63, 3.8) is 0 Å². The lowest BCUT2D eigenvalue weighted by atomic mass is 9.97. The first-order chi connectivity index (χ1) is 18.7. The predicted molar refractivity (Wildman–Crippen MR) is 167 cm³/mol. The van der Waals surface area contributed by atoms with Gasteiger partial charge in [0.25, 0.3) is 0 Å². The highest BCUT2D eigenvalue weighted by atomic mass is 16.5. The van der Waals surface area contributed by atoms with Crippen molar-refractivity contribution in [3.8, 4) is 11.5 Å². The molecule has 3 aromatic carbocycles. The van der Waals surface area contributed by atoms with Crippen LogP contribution in [0.15, 0.2) is 36.4 Å². The highest BCUT2D eigenvalue weighted by Gasteiger charge is 2.17. The summed E-state index contributed by atoms with van der Waals surface area (Å²) in [5.74, 6) is 2.06. The molecule has 0 N–H and O–H groups in total. The fraction of sp³-hybridized carbons (Fsp3) is 0.611. The molecule has 0 atom stereocenters. The second-order valence-electron chi connectivity index (χ2n) is 11.4. The van der Waals surface area contributed by atoms with Crippen molar-refractivity contribution in [2.24, 2.45) is 0 Å². The maximum atomic E-state index is 6.57. The molecule has 0 aliphatic carbocycles. The molecule has 0 fully saturated rings. The summed E-state index contributed by atoms with van der Waals surface area (Å²) in [5.41, 5.74) is 2.52. The minimum absolute atomic E-state index is 0.777. The lowest BCUT2D eigenvalue weighted by Crippen LogP contribution is -2.03. The van der Waals surface area contributed by atoms with Crippen LogP contribution in [0.1, 0.15) is 128 Å². The molecule has 0 aromatic heterocycles. The molecule has 3 aromatic rings. The summed E-state index contributed by atoms with van der Waals surface area (Å²) in [7, 11) is 0. The van der Waals surface area contributed by atoms with Crippen LogP contribution in [-0.4, -0.2) is 13.2 Å². The van der Waals surface area contributed by atoms with E-state index in [0.717, 1.165) is 37.6 Å². The van der Waals surface area contributed by atoms with E-state index in [4.69, 9.17) is 9.47 Å². The highest BCUT2D eigenvalue weighted by molar-refractivity contribution is 6.11. The average Bonchev–Trinajstić information content (AvgIpc) is 2.91. The van der Waals surface area contributed by atoms with Gasteiger partial charge in [-0.2, -0.15) is 0 Å². The van der Waals surface area contributed by atoms with Crippen LogP contribution in [0.3, 0.4) is 0 Å². The third-order valence-electron chi connectivity index (χ3n) is 7.82. The maximum absolute atomic E-state index is 6.57. The van der Waals surface area contributed by atoms with Crippen molar-refractivity contribution in [1.82, 2.24) is 0 Å². The third-order valence-corrected chi connectivity index (χ3v) is 7.82. The maximum Gasteiger partial charge on any atom is 0.135 e. The lowest BCUT2D eigenvalue weighted by Gasteiger charge is -2.19. The third kappa shape index (κ3) is 9.51. The number of rotatable bonds is 20. The van der Waals surface area contributed by atoms with Crippen LogP contribution in [-0.2, 0) is 0 Å². The van der Waals surface area contributed by atoms with E-state index in [0.29, 0.717) is 0 Å². The summed E-state index contributed by atoms with van der Waals surface area (Å²) in [6.07, 6.45) is 21.0. The van der Waals surface area contributed by atoms with E-state index in [-0.39, 0.29) is 0 Å². The Bertz CT molecular complexity index is 996. The summed E-state index contributed by atoms with van der Waals surface area (Å²) in [4.78, 5) is 0. The molecule has 0 saturated heterocycles. The van der Waals surface area contributed by atoms with E-state index < -0.39 is 0 Å². The zero-order valence-electron chi connectivity index (χ0n) is 25.0. The van der Waals surface area contributed by atoms with Gasteiger partial charge in [0.05, 0.1) is 13.2 Å². The van der Waals surface area contributed by atoms with E-state index in [9.17, 15) is 0 Å². The van der Waals surface area contributed by atoms with Gasteiger partial charge in [-0.05, 0) is 38.8 Å². The van der Waals surface area contributed by atoms with Crippen molar-refractivity contribution >= 4 is 21.5 Å². The molecule has 0 amide bonds. The number of hydrogen-bond acceptors (Lipinski definition) is 2. The normalized spacial score (nSPS) is 11.5. The van der Waals surface area contributed by atoms with Gasteiger partial charge in [-0.15, -0.1) is 0 Å². The zero-order chi connectivity index (χ0) is 27.0. The molecule has 0 aliphatic heterocycles. The van der Waals surface area contributed by atoms with Gasteiger partial charge in [-0.25, -0.2) is 0 Å². The number of benzene rings is 3. The average molecular weight is 519 g/mol. The van der Waals surface area contributed by atoms with Gasteiger partial charge in [0.1, 0.15) is 11.5 Å². The predicted octanol–water partition coefficient (Wildman–Crippen LogP) is 11.6. The largest absolute Gasteiger partial charge is 0.492 e. The van der Waals surface area contributed by atoms with E-state index in [2.05, 4.69) is 64.1 Å². The van der Waals surface area contributed by atoms with Crippen molar-refractivity contribution in [2.45, 2.75) is 130 Å². The van der Waals surface area contributed by atoms with Crippen LogP contribution < -0.4 is 9.47 Å².